The van der Waals surface area contributed by atoms with Crippen molar-refractivity contribution in [2.24, 2.45) is 0 Å². The van der Waals surface area contributed by atoms with E-state index in [1.807, 2.05) is 30.3 Å². The number of amides is 1. The van der Waals surface area contributed by atoms with Gasteiger partial charge >= 0.3 is 0 Å². The normalized spacial score (nSPS) is 9.94. The van der Waals surface area contributed by atoms with Crippen LogP contribution >= 0.6 is 0 Å². The maximum atomic E-state index is 11.8. The number of hydrogen-bond donors (Lipinski definition) is 1. The largest absolute Gasteiger partial charge is 0.347 e. The summed E-state index contributed by atoms with van der Waals surface area (Å²) in [6.45, 7) is 2.26. The molecule has 0 atom stereocenters. The van der Waals surface area contributed by atoms with Gasteiger partial charge in [-0.05, 0) is 18.6 Å². The molecule has 0 unspecified atom stereocenters. The van der Waals surface area contributed by atoms with Gasteiger partial charge in [-0.25, -0.2) is 9.97 Å². The average molecular weight is 227 g/mol. The molecule has 1 heterocycles. The average Bonchev–Trinajstić information content (AvgIpc) is 2.37. The molecule has 0 saturated heterocycles. The van der Waals surface area contributed by atoms with Crippen LogP contribution in [-0.4, -0.2) is 15.9 Å². The number of benzene rings is 1. The minimum Gasteiger partial charge on any atom is -0.347 e. The molecule has 0 radical (unpaired) electrons. The molecule has 4 nitrogen and oxygen atoms in total. The van der Waals surface area contributed by atoms with Crippen LogP contribution in [0.25, 0.3) is 0 Å². The predicted molar refractivity (Wildman–Crippen MR) is 64.4 cm³/mol. The maximum absolute atomic E-state index is 11.8. The number of nitrogens with zero attached hydrogens (tertiary/aromatic N) is 2. The fourth-order valence-corrected chi connectivity index (χ4v) is 1.45. The number of nitrogens with one attached hydrogen (secondary N) is 1. The van der Waals surface area contributed by atoms with E-state index in [1.54, 1.807) is 19.2 Å². The lowest BCUT2D eigenvalue weighted by Gasteiger charge is -2.04. The van der Waals surface area contributed by atoms with Gasteiger partial charge < -0.3 is 5.32 Å². The van der Waals surface area contributed by atoms with Crippen LogP contribution in [-0.2, 0) is 6.54 Å². The zero-order chi connectivity index (χ0) is 12.1. The van der Waals surface area contributed by atoms with Gasteiger partial charge in [-0.3, -0.25) is 4.79 Å². The summed E-state index contributed by atoms with van der Waals surface area (Å²) in [4.78, 5) is 19.8. The van der Waals surface area contributed by atoms with Gasteiger partial charge in [0.25, 0.3) is 5.91 Å². The Bertz CT molecular complexity index is 511. The number of hydrogen-bond acceptors (Lipinski definition) is 3. The molecule has 1 amide bonds. The molecule has 17 heavy (non-hydrogen) atoms. The first kappa shape index (κ1) is 11.3. The van der Waals surface area contributed by atoms with Crippen molar-refractivity contribution in [2.75, 3.05) is 0 Å². The van der Waals surface area contributed by atoms with Crippen molar-refractivity contribution in [1.82, 2.24) is 15.3 Å². The second kappa shape index (κ2) is 5.21. The number of carbonyl (C=O) groups excluding carboxylic acids is 1. The van der Waals surface area contributed by atoms with Crippen LogP contribution in [0, 0.1) is 6.92 Å². The van der Waals surface area contributed by atoms with Gasteiger partial charge in [0.2, 0.25) is 0 Å². The number of aromatic nitrogens is 2. The van der Waals surface area contributed by atoms with E-state index < -0.39 is 0 Å². The van der Waals surface area contributed by atoms with Crippen molar-refractivity contribution in [3.8, 4) is 0 Å². The third-order valence-electron chi connectivity index (χ3n) is 2.30. The Hall–Kier alpha value is -2.23. The molecular weight excluding hydrogens is 214 g/mol. The van der Waals surface area contributed by atoms with Gasteiger partial charge in [0.05, 0.1) is 0 Å². The van der Waals surface area contributed by atoms with E-state index in [9.17, 15) is 4.79 Å². The van der Waals surface area contributed by atoms with Crippen LogP contribution in [0.3, 0.4) is 0 Å². The Balaban J connectivity index is 1.98. The molecule has 0 aliphatic heterocycles. The summed E-state index contributed by atoms with van der Waals surface area (Å²) in [7, 11) is 0. The molecule has 0 aliphatic carbocycles. The standard InChI is InChI=1S/C13H13N3O/c1-10-14-8-7-12(16-10)13(17)15-9-11-5-3-2-4-6-11/h2-8H,9H2,1H3,(H,15,17). The number of rotatable bonds is 3. The molecule has 0 saturated carbocycles. The highest BCUT2D eigenvalue weighted by Gasteiger charge is 2.06. The lowest BCUT2D eigenvalue weighted by Crippen LogP contribution is -2.24. The molecule has 0 bridgehead atoms. The van der Waals surface area contributed by atoms with Crippen molar-refractivity contribution in [3.63, 3.8) is 0 Å². The Morgan fingerprint density at radius 2 is 2.00 bits per heavy atom. The van der Waals surface area contributed by atoms with E-state index in [-0.39, 0.29) is 5.91 Å². The molecule has 1 N–H and O–H groups in total. The third kappa shape index (κ3) is 3.11. The molecule has 2 rings (SSSR count). The van der Waals surface area contributed by atoms with Crippen LogP contribution < -0.4 is 5.32 Å². The van der Waals surface area contributed by atoms with Gasteiger partial charge in [-0.1, -0.05) is 30.3 Å². The fraction of sp³-hybridized carbons (Fsp3) is 0.154. The monoisotopic (exact) mass is 227 g/mol. The van der Waals surface area contributed by atoms with Crippen molar-refractivity contribution in [2.45, 2.75) is 13.5 Å². The smallest absolute Gasteiger partial charge is 0.270 e. The molecule has 0 spiro atoms. The van der Waals surface area contributed by atoms with Crippen LogP contribution in [0.15, 0.2) is 42.6 Å². The highest BCUT2D eigenvalue weighted by molar-refractivity contribution is 5.92. The van der Waals surface area contributed by atoms with Crippen molar-refractivity contribution in [3.05, 3.63) is 59.7 Å². The van der Waals surface area contributed by atoms with E-state index in [1.165, 1.54) is 0 Å². The summed E-state index contributed by atoms with van der Waals surface area (Å²) in [5.41, 5.74) is 1.46. The third-order valence-corrected chi connectivity index (χ3v) is 2.30. The predicted octanol–water partition coefficient (Wildman–Crippen LogP) is 1.72. The number of aryl methyl sites for hydroxylation is 1. The molecular formula is C13H13N3O. The molecule has 1 aromatic heterocycles. The quantitative estimate of drug-likeness (QED) is 0.868. The molecule has 0 fully saturated rings. The Labute approximate surface area is 99.7 Å². The van der Waals surface area contributed by atoms with Gasteiger partial charge in [0.1, 0.15) is 11.5 Å². The first-order chi connectivity index (χ1) is 8.25. The summed E-state index contributed by atoms with van der Waals surface area (Å²) < 4.78 is 0. The summed E-state index contributed by atoms with van der Waals surface area (Å²) in [5, 5.41) is 2.81. The fourth-order valence-electron chi connectivity index (χ4n) is 1.45. The van der Waals surface area contributed by atoms with E-state index in [0.717, 1.165) is 5.56 Å². The lowest BCUT2D eigenvalue weighted by atomic mass is 10.2. The zero-order valence-electron chi connectivity index (χ0n) is 9.55. The lowest BCUT2D eigenvalue weighted by molar-refractivity contribution is 0.0945. The zero-order valence-corrected chi connectivity index (χ0v) is 9.55. The highest BCUT2D eigenvalue weighted by Crippen LogP contribution is 1.99. The number of carbonyl (C=O) groups is 1. The van der Waals surface area contributed by atoms with Crippen molar-refractivity contribution < 1.29 is 4.79 Å². The second-order valence-corrected chi connectivity index (χ2v) is 3.66. The molecule has 4 heteroatoms. The summed E-state index contributed by atoms with van der Waals surface area (Å²) in [6.07, 6.45) is 1.58. The SMILES string of the molecule is Cc1nccc(C(=O)NCc2ccccc2)n1. The van der Waals surface area contributed by atoms with Crippen molar-refractivity contribution >= 4 is 5.91 Å². The van der Waals surface area contributed by atoms with Crippen molar-refractivity contribution in [1.29, 1.82) is 0 Å². The Kier molecular flexibility index (Phi) is 3.45. The van der Waals surface area contributed by atoms with E-state index in [4.69, 9.17) is 0 Å². The summed E-state index contributed by atoms with van der Waals surface area (Å²) in [5.74, 6) is 0.414. The van der Waals surface area contributed by atoms with Crippen LogP contribution in [0.2, 0.25) is 0 Å². The van der Waals surface area contributed by atoms with E-state index >= 15 is 0 Å². The van der Waals surface area contributed by atoms with Gasteiger partial charge in [0, 0.05) is 12.7 Å². The first-order valence-electron chi connectivity index (χ1n) is 5.37. The topological polar surface area (TPSA) is 54.9 Å². The highest BCUT2D eigenvalue weighted by atomic mass is 16.1. The molecule has 1 aromatic carbocycles. The van der Waals surface area contributed by atoms with Crippen LogP contribution in [0.1, 0.15) is 21.9 Å². The Morgan fingerprint density at radius 1 is 1.24 bits per heavy atom. The second-order valence-electron chi connectivity index (χ2n) is 3.66. The summed E-state index contributed by atoms with van der Waals surface area (Å²) >= 11 is 0. The van der Waals surface area contributed by atoms with Crippen LogP contribution in [0.4, 0.5) is 0 Å². The summed E-state index contributed by atoms with van der Waals surface area (Å²) in [6, 6.07) is 11.4. The van der Waals surface area contributed by atoms with Gasteiger partial charge in [0.15, 0.2) is 0 Å². The van der Waals surface area contributed by atoms with E-state index in [0.29, 0.717) is 18.1 Å². The van der Waals surface area contributed by atoms with Crippen LogP contribution in [0.5, 0.6) is 0 Å². The Morgan fingerprint density at radius 3 is 2.71 bits per heavy atom. The minimum absolute atomic E-state index is 0.181. The van der Waals surface area contributed by atoms with Gasteiger partial charge in [-0.15, -0.1) is 0 Å². The molecule has 86 valence electrons. The molecule has 0 aliphatic rings. The molecule has 2 aromatic rings. The first-order valence-corrected chi connectivity index (χ1v) is 5.37. The van der Waals surface area contributed by atoms with Gasteiger partial charge in [-0.2, -0.15) is 0 Å². The minimum atomic E-state index is -0.181. The van der Waals surface area contributed by atoms with E-state index in [2.05, 4.69) is 15.3 Å². The maximum Gasteiger partial charge on any atom is 0.270 e.